The Morgan fingerprint density at radius 1 is 1.33 bits per heavy atom. The van der Waals surface area contributed by atoms with Crippen LogP contribution in [0, 0.1) is 13.8 Å². The fraction of sp³-hybridized carbons (Fsp3) is 0.438. The minimum absolute atomic E-state index is 0.117. The average molecular weight is 327 g/mol. The molecule has 0 radical (unpaired) electrons. The SMILES string of the molecule is CCC[C@H](NC(=O)c1nc2nc(C)cc(C)n2n1)c1nccn1C. The number of hydrogen-bond donors (Lipinski definition) is 1. The fourth-order valence-corrected chi connectivity index (χ4v) is 2.75. The van der Waals surface area contributed by atoms with Gasteiger partial charge in [0.25, 0.3) is 11.7 Å². The van der Waals surface area contributed by atoms with Gasteiger partial charge in [0, 0.05) is 30.8 Å². The molecule has 0 aromatic carbocycles. The third-order valence-electron chi connectivity index (χ3n) is 3.87. The van der Waals surface area contributed by atoms with Crippen molar-refractivity contribution in [2.75, 3.05) is 0 Å². The number of carbonyl (C=O) groups excluding carboxylic acids is 1. The van der Waals surface area contributed by atoms with Gasteiger partial charge in [-0.1, -0.05) is 13.3 Å². The Kier molecular flexibility index (Phi) is 4.28. The first-order valence-electron chi connectivity index (χ1n) is 7.98. The van der Waals surface area contributed by atoms with Crippen LogP contribution in [0.5, 0.6) is 0 Å². The predicted octanol–water partition coefficient (Wildman–Crippen LogP) is 1.75. The van der Waals surface area contributed by atoms with Crippen molar-refractivity contribution in [3.8, 4) is 0 Å². The first kappa shape index (κ1) is 16.1. The van der Waals surface area contributed by atoms with Gasteiger partial charge in [-0.05, 0) is 26.3 Å². The quantitative estimate of drug-likeness (QED) is 0.771. The lowest BCUT2D eigenvalue weighted by Gasteiger charge is -2.16. The van der Waals surface area contributed by atoms with E-state index in [1.807, 2.05) is 37.7 Å². The third-order valence-corrected chi connectivity index (χ3v) is 3.87. The molecule has 0 spiro atoms. The van der Waals surface area contributed by atoms with Crippen LogP contribution >= 0.6 is 0 Å². The van der Waals surface area contributed by atoms with E-state index in [0.29, 0.717) is 5.78 Å². The molecule has 0 aliphatic heterocycles. The molecule has 0 aliphatic carbocycles. The van der Waals surface area contributed by atoms with Crippen LogP contribution in [0.15, 0.2) is 18.5 Å². The van der Waals surface area contributed by atoms with E-state index in [0.717, 1.165) is 30.1 Å². The minimum atomic E-state index is -0.320. The molecule has 1 amide bonds. The molecule has 24 heavy (non-hydrogen) atoms. The summed E-state index contributed by atoms with van der Waals surface area (Å²) in [6.07, 6.45) is 5.31. The van der Waals surface area contributed by atoms with E-state index in [1.54, 1.807) is 10.7 Å². The maximum absolute atomic E-state index is 12.6. The number of amides is 1. The molecule has 0 saturated heterocycles. The molecule has 8 heteroatoms. The fourth-order valence-electron chi connectivity index (χ4n) is 2.75. The maximum Gasteiger partial charge on any atom is 0.291 e. The van der Waals surface area contributed by atoms with E-state index >= 15 is 0 Å². The molecular formula is C16H21N7O. The highest BCUT2D eigenvalue weighted by Gasteiger charge is 2.21. The molecule has 1 N–H and O–H groups in total. The van der Waals surface area contributed by atoms with Crippen molar-refractivity contribution in [2.45, 2.75) is 39.7 Å². The Balaban J connectivity index is 1.88. The summed E-state index contributed by atoms with van der Waals surface area (Å²) in [5.41, 5.74) is 1.73. The van der Waals surface area contributed by atoms with Gasteiger partial charge in [-0.3, -0.25) is 4.79 Å². The van der Waals surface area contributed by atoms with Crippen LogP contribution in [0.2, 0.25) is 0 Å². The number of nitrogens with one attached hydrogen (secondary N) is 1. The number of carbonyl (C=O) groups is 1. The van der Waals surface area contributed by atoms with Gasteiger partial charge in [-0.15, -0.1) is 5.10 Å². The number of aromatic nitrogens is 6. The second-order valence-electron chi connectivity index (χ2n) is 5.90. The van der Waals surface area contributed by atoms with E-state index < -0.39 is 0 Å². The zero-order chi connectivity index (χ0) is 17.3. The van der Waals surface area contributed by atoms with Gasteiger partial charge in [0.1, 0.15) is 5.82 Å². The number of nitrogens with zero attached hydrogens (tertiary/aromatic N) is 6. The van der Waals surface area contributed by atoms with Gasteiger partial charge in [0.2, 0.25) is 5.82 Å². The van der Waals surface area contributed by atoms with Crippen molar-refractivity contribution in [3.63, 3.8) is 0 Å². The number of rotatable bonds is 5. The van der Waals surface area contributed by atoms with Gasteiger partial charge in [-0.25, -0.2) is 14.5 Å². The van der Waals surface area contributed by atoms with Crippen molar-refractivity contribution < 1.29 is 4.79 Å². The van der Waals surface area contributed by atoms with E-state index in [9.17, 15) is 4.79 Å². The van der Waals surface area contributed by atoms with Gasteiger partial charge in [-0.2, -0.15) is 4.98 Å². The first-order chi connectivity index (χ1) is 11.5. The van der Waals surface area contributed by atoms with Crippen molar-refractivity contribution in [1.29, 1.82) is 0 Å². The summed E-state index contributed by atoms with van der Waals surface area (Å²) in [5.74, 6) is 1.05. The van der Waals surface area contributed by atoms with Crippen molar-refractivity contribution in [3.05, 3.63) is 41.5 Å². The van der Waals surface area contributed by atoms with Crippen molar-refractivity contribution in [2.24, 2.45) is 7.05 Å². The second kappa shape index (κ2) is 6.38. The molecular weight excluding hydrogens is 306 g/mol. The van der Waals surface area contributed by atoms with Crippen LogP contribution in [-0.2, 0) is 7.05 Å². The number of fused-ring (bicyclic) bond motifs is 1. The summed E-state index contributed by atoms with van der Waals surface area (Å²) in [5, 5.41) is 7.26. The Hall–Kier alpha value is -2.77. The highest BCUT2D eigenvalue weighted by Crippen LogP contribution is 2.16. The zero-order valence-corrected chi connectivity index (χ0v) is 14.3. The highest BCUT2D eigenvalue weighted by molar-refractivity contribution is 5.91. The predicted molar refractivity (Wildman–Crippen MR) is 88.6 cm³/mol. The van der Waals surface area contributed by atoms with Crippen LogP contribution in [0.1, 0.15) is 53.6 Å². The summed E-state index contributed by atoms with van der Waals surface area (Å²) in [6, 6.07) is 1.72. The average Bonchev–Trinajstić information content (AvgIpc) is 3.13. The van der Waals surface area contributed by atoms with E-state index in [2.05, 4.69) is 32.3 Å². The van der Waals surface area contributed by atoms with Crippen LogP contribution in [-0.4, -0.2) is 35.0 Å². The molecule has 3 aromatic heterocycles. The van der Waals surface area contributed by atoms with Gasteiger partial charge < -0.3 is 9.88 Å². The van der Waals surface area contributed by atoms with Crippen LogP contribution in [0.4, 0.5) is 0 Å². The van der Waals surface area contributed by atoms with Gasteiger partial charge in [0.05, 0.1) is 6.04 Å². The molecule has 3 aromatic rings. The van der Waals surface area contributed by atoms with Crippen LogP contribution < -0.4 is 5.32 Å². The summed E-state index contributed by atoms with van der Waals surface area (Å²) >= 11 is 0. The van der Waals surface area contributed by atoms with Crippen LogP contribution in [0.3, 0.4) is 0 Å². The number of imidazole rings is 1. The lowest BCUT2D eigenvalue weighted by molar-refractivity contribution is 0.0921. The molecule has 3 heterocycles. The Bertz CT molecular complexity index is 880. The van der Waals surface area contributed by atoms with Crippen molar-refractivity contribution in [1.82, 2.24) is 34.4 Å². The largest absolute Gasteiger partial charge is 0.339 e. The minimum Gasteiger partial charge on any atom is -0.339 e. The lowest BCUT2D eigenvalue weighted by atomic mass is 10.1. The molecule has 0 saturated carbocycles. The summed E-state index contributed by atoms with van der Waals surface area (Å²) < 4.78 is 3.49. The molecule has 1 atom stereocenters. The molecule has 3 rings (SSSR count). The molecule has 0 fully saturated rings. The van der Waals surface area contributed by atoms with Crippen molar-refractivity contribution >= 4 is 11.7 Å². The Morgan fingerprint density at radius 2 is 2.12 bits per heavy atom. The Labute approximate surface area is 140 Å². The smallest absolute Gasteiger partial charge is 0.291 e. The lowest BCUT2D eigenvalue weighted by Crippen LogP contribution is -2.31. The molecule has 0 aliphatic rings. The maximum atomic E-state index is 12.6. The van der Waals surface area contributed by atoms with E-state index in [1.165, 1.54) is 0 Å². The highest BCUT2D eigenvalue weighted by atomic mass is 16.2. The van der Waals surface area contributed by atoms with Gasteiger partial charge in [0.15, 0.2) is 0 Å². The first-order valence-corrected chi connectivity index (χ1v) is 7.98. The topological polar surface area (TPSA) is 90.0 Å². The third kappa shape index (κ3) is 2.99. The molecule has 8 nitrogen and oxygen atoms in total. The van der Waals surface area contributed by atoms with E-state index in [-0.39, 0.29) is 17.8 Å². The van der Waals surface area contributed by atoms with Gasteiger partial charge >= 0.3 is 0 Å². The number of hydrogen-bond acceptors (Lipinski definition) is 5. The van der Waals surface area contributed by atoms with Crippen LogP contribution in [0.25, 0.3) is 5.78 Å². The summed E-state index contributed by atoms with van der Waals surface area (Å²) in [7, 11) is 1.91. The summed E-state index contributed by atoms with van der Waals surface area (Å²) in [4.78, 5) is 25.5. The second-order valence-corrected chi connectivity index (χ2v) is 5.90. The monoisotopic (exact) mass is 327 g/mol. The number of aryl methyl sites for hydroxylation is 3. The normalized spacial score (nSPS) is 12.5. The zero-order valence-electron chi connectivity index (χ0n) is 14.3. The van der Waals surface area contributed by atoms with E-state index in [4.69, 9.17) is 0 Å². The molecule has 126 valence electrons. The molecule has 0 unspecified atom stereocenters. The molecule has 0 bridgehead atoms. The standard InChI is InChI=1S/C16H21N7O/c1-5-6-12(14-17-7-8-22(14)4)19-15(24)13-20-16-18-10(2)9-11(3)23(16)21-13/h7-9,12H,5-6H2,1-4H3,(H,19,24)/t12-/m0/s1. The Morgan fingerprint density at radius 3 is 2.79 bits per heavy atom. The summed E-state index contributed by atoms with van der Waals surface area (Å²) in [6.45, 7) is 5.87.